The van der Waals surface area contributed by atoms with Gasteiger partial charge in [0.25, 0.3) is 0 Å². The van der Waals surface area contributed by atoms with E-state index in [2.05, 4.69) is 0 Å². The summed E-state index contributed by atoms with van der Waals surface area (Å²) in [6, 6.07) is 0. The Bertz CT molecular complexity index is 494. The normalized spacial score (nSPS) is 13.4. The number of esters is 2. The molecule has 166 valence electrons. The van der Waals surface area contributed by atoms with Gasteiger partial charge < -0.3 is 18.9 Å². The van der Waals surface area contributed by atoms with Crippen LogP contribution in [0, 0.1) is 0 Å². The lowest BCUT2D eigenvalue weighted by atomic mass is 10.0. The molecule has 0 saturated carbocycles. The van der Waals surface area contributed by atoms with Gasteiger partial charge >= 0.3 is 11.9 Å². The van der Waals surface area contributed by atoms with Crippen molar-refractivity contribution in [3.63, 3.8) is 0 Å². The Morgan fingerprint density at radius 3 is 1.43 bits per heavy atom. The lowest BCUT2D eigenvalue weighted by molar-refractivity contribution is -0.159. The maximum Gasteiger partial charge on any atom is 0.308 e. The average Bonchev–Trinajstić information content (AvgIpc) is 2.40. The SMILES string of the molecule is CC(C)(C)OC(=O)CCOC(C)(C)CCOC(C)(C)CCC(=O)OC(C)(C)C. The molecule has 0 aromatic rings. The number of hydrogen-bond donors (Lipinski definition) is 0. The first-order chi connectivity index (χ1) is 12.4. The van der Waals surface area contributed by atoms with Crippen molar-refractivity contribution < 1.29 is 28.5 Å². The predicted molar refractivity (Wildman–Crippen MR) is 110 cm³/mol. The molecule has 0 aromatic heterocycles. The van der Waals surface area contributed by atoms with Crippen molar-refractivity contribution in [2.75, 3.05) is 13.2 Å². The van der Waals surface area contributed by atoms with Crippen molar-refractivity contribution >= 4 is 11.9 Å². The van der Waals surface area contributed by atoms with Crippen LogP contribution in [0.15, 0.2) is 0 Å². The highest BCUT2D eigenvalue weighted by molar-refractivity contribution is 5.70. The van der Waals surface area contributed by atoms with Gasteiger partial charge in [-0.05, 0) is 82.1 Å². The van der Waals surface area contributed by atoms with E-state index >= 15 is 0 Å². The van der Waals surface area contributed by atoms with Gasteiger partial charge in [0.2, 0.25) is 0 Å². The summed E-state index contributed by atoms with van der Waals surface area (Å²) >= 11 is 0. The first-order valence-electron chi connectivity index (χ1n) is 10.1. The zero-order valence-electron chi connectivity index (χ0n) is 19.7. The summed E-state index contributed by atoms with van der Waals surface area (Å²) < 4.78 is 22.4. The van der Waals surface area contributed by atoms with Crippen molar-refractivity contribution in [3.05, 3.63) is 0 Å². The molecule has 28 heavy (non-hydrogen) atoms. The van der Waals surface area contributed by atoms with Gasteiger partial charge in [-0.3, -0.25) is 9.59 Å². The molecule has 0 rings (SSSR count). The average molecular weight is 403 g/mol. The standard InChI is InChI=1S/C22H42O6/c1-19(2,3)27-17(23)11-13-21(7,8)26-16-14-22(9,10)25-15-12-18(24)28-20(4,5)6/h11-16H2,1-10H3. The fourth-order valence-electron chi connectivity index (χ4n) is 2.32. The van der Waals surface area contributed by atoms with Crippen molar-refractivity contribution in [3.8, 4) is 0 Å². The van der Waals surface area contributed by atoms with Gasteiger partial charge in [-0.15, -0.1) is 0 Å². The molecule has 0 spiro atoms. The lowest BCUT2D eigenvalue weighted by Gasteiger charge is -2.30. The first kappa shape index (κ1) is 26.9. The smallest absolute Gasteiger partial charge is 0.308 e. The monoisotopic (exact) mass is 402 g/mol. The molecule has 6 heteroatoms. The van der Waals surface area contributed by atoms with Crippen LogP contribution in [-0.2, 0) is 28.5 Å². The summed E-state index contributed by atoms with van der Waals surface area (Å²) in [6.45, 7) is 19.8. The van der Waals surface area contributed by atoms with E-state index in [1.165, 1.54) is 0 Å². The van der Waals surface area contributed by atoms with E-state index in [-0.39, 0.29) is 18.4 Å². The van der Waals surface area contributed by atoms with Gasteiger partial charge in [0.05, 0.1) is 30.8 Å². The summed E-state index contributed by atoms with van der Waals surface area (Å²) in [5.41, 5.74) is -1.79. The van der Waals surface area contributed by atoms with Crippen LogP contribution in [0.1, 0.15) is 94.9 Å². The van der Waals surface area contributed by atoms with Crippen LogP contribution in [0.25, 0.3) is 0 Å². The molecule has 0 radical (unpaired) electrons. The summed E-state index contributed by atoms with van der Waals surface area (Å²) in [6.07, 6.45) is 1.81. The minimum absolute atomic E-state index is 0.213. The van der Waals surface area contributed by atoms with Crippen LogP contribution in [0.3, 0.4) is 0 Å². The fraction of sp³-hybridized carbons (Fsp3) is 0.909. The summed E-state index contributed by atoms with van der Waals surface area (Å²) in [5, 5.41) is 0. The molecule has 0 aliphatic rings. The third kappa shape index (κ3) is 15.9. The van der Waals surface area contributed by atoms with Gasteiger partial charge in [0, 0.05) is 6.42 Å². The quantitative estimate of drug-likeness (QED) is 0.461. The van der Waals surface area contributed by atoms with Gasteiger partial charge in [0.15, 0.2) is 0 Å². The van der Waals surface area contributed by atoms with Gasteiger partial charge in [-0.2, -0.15) is 0 Å². The minimum atomic E-state index is -0.481. The van der Waals surface area contributed by atoms with E-state index in [1.807, 2.05) is 69.2 Å². The van der Waals surface area contributed by atoms with Gasteiger partial charge in [-0.1, -0.05) is 0 Å². The molecule has 0 aliphatic carbocycles. The van der Waals surface area contributed by atoms with Crippen molar-refractivity contribution in [1.82, 2.24) is 0 Å². The molecular formula is C22H42O6. The fourth-order valence-corrected chi connectivity index (χ4v) is 2.32. The predicted octanol–water partition coefficient (Wildman–Crippen LogP) is 4.82. The number of hydrogen-bond acceptors (Lipinski definition) is 6. The van der Waals surface area contributed by atoms with Gasteiger partial charge in [0.1, 0.15) is 11.2 Å². The summed E-state index contributed by atoms with van der Waals surface area (Å²) in [4.78, 5) is 23.6. The van der Waals surface area contributed by atoms with Crippen molar-refractivity contribution in [1.29, 1.82) is 0 Å². The van der Waals surface area contributed by atoms with Crippen LogP contribution in [-0.4, -0.2) is 47.6 Å². The van der Waals surface area contributed by atoms with E-state index in [9.17, 15) is 9.59 Å². The zero-order chi connectivity index (χ0) is 22.2. The molecule has 0 aliphatic heterocycles. The van der Waals surface area contributed by atoms with Crippen LogP contribution in [0.5, 0.6) is 0 Å². The first-order valence-corrected chi connectivity index (χ1v) is 10.1. The largest absolute Gasteiger partial charge is 0.460 e. The molecule has 0 saturated heterocycles. The molecule has 0 heterocycles. The van der Waals surface area contributed by atoms with E-state index < -0.39 is 22.4 Å². The second kappa shape index (κ2) is 10.6. The highest BCUT2D eigenvalue weighted by Gasteiger charge is 2.25. The number of ether oxygens (including phenoxy) is 4. The maximum absolute atomic E-state index is 11.9. The Labute approximate surface area is 171 Å². The van der Waals surface area contributed by atoms with Crippen molar-refractivity contribution in [2.45, 2.75) is 117 Å². The van der Waals surface area contributed by atoms with Crippen LogP contribution in [0.4, 0.5) is 0 Å². The van der Waals surface area contributed by atoms with Crippen LogP contribution < -0.4 is 0 Å². The molecule has 0 bridgehead atoms. The van der Waals surface area contributed by atoms with Crippen LogP contribution in [0.2, 0.25) is 0 Å². The molecule has 0 N–H and O–H groups in total. The third-order valence-corrected chi connectivity index (χ3v) is 3.77. The number of carbonyl (C=O) groups excluding carboxylic acids is 2. The molecule has 6 nitrogen and oxygen atoms in total. The van der Waals surface area contributed by atoms with E-state index in [1.54, 1.807) is 0 Å². The Kier molecular flexibility index (Phi) is 10.2. The zero-order valence-corrected chi connectivity index (χ0v) is 19.7. The lowest BCUT2D eigenvalue weighted by Crippen LogP contribution is -2.32. The number of rotatable bonds is 11. The molecule has 0 atom stereocenters. The highest BCUT2D eigenvalue weighted by atomic mass is 16.6. The van der Waals surface area contributed by atoms with E-state index in [0.29, 0.717) is 32.5 Å². The Morgan fingerprint density at radius 2 is 0.964 bits per heavy atom. The minimum Gasteiger partial charge on any atom is -0.460 e. The van der Waals surface area contributed by atoms with Gasteiger partial charge in [-0.25, -0.2) is 0 Å². The second-order valence-corrected chi connectivity index (χ2v) is 10.4. The van der Waals surface area contributed by atoms with Crippen LogP contribution >= 0.6 is 0 Å². The number of carbonyl (C=O) groups is 2. The second-order valence-electron chi connectivity index (χ2n) is 10.4. The Balaban J connectivity index is 4.16. The van der Waals surface area contributed by atoms with E-state index in [4.69, 9.17) is 18.9 Å². The summed E-state index contributed by atoms with van der Waals surface area (Å²) in [5.74, 6) is -0.474. The third-order valence-electron chi connectivity index (χ3n) is 3.77. The molecule has 0 amide bonds. The Hall–Kier alpha value is -1.14. The Morgan fingerprint density at radius 1 is 0.571 bits per heavy atom. The maximum atomic E-state index is 11.9. The molecule has 0 aromatic carbocycles. The van der Waals surface area contributed by atoms with Crippen molar-refractivity contribution in [2.24, 2.45) is 0 Å². The topological polar surface area (TPSA) is 71.1 Å². The molecule has 0 fully saturated rings. The van der Waals surface area contributed by atoms with E-state index in [0.717, 1.165) is 0 Å². The molecule has 0 unspecified atom stereocenters. The molecular weight excluding hydrogens is 360 g/mol. The highest BCUT2D eigenvalue weighted by Crippen LogP contribution is 2.22. The summed E-state index contributed by atoms with van der Waals surface area (Å²) in [7, 11) is 0.